The number of Topliss-reactive ketones (excluding diaryl/α,β-unsaturated/α-hetero) is 1. The highest BCUT2D eigenvalue weighted by molar-refractivity contribution is 9.09. The molecule has 0 aliphatic rings. The van der Waals surface area contributed by atoms with Crippen LogP contribution >= 0.6 is 15.9 Å². The van der Waals surface area contributed by atoms with Gasteiger partial charge in [-0.05, 0) is 19.1 Å². The van der Waals surface area contributed by atoms with Crippen molar-refractivity contribution in [1.82, 2.24) is 0 Å². The summed E-state index contributed by atoms with van der Waals surface area (Å²) in [5.41, 5.74) is 1.24. The Labute approximate surface area is 90.6 Å². The van der Waals surface area contributed by atoms with E-state index in [1.165, 1.54) is 6.92 Å². The lowest BCUT2D eigenvalue weighted by molar-refractivity contribution is -0.113. The topological polar surface area (TPSA) is 46.2 Å². The molecule has 1 aromatic carbocycles. The molecule has 0 fully saturated rings. The van der Waals surface area contributed by atoms with E-state index in [0.29, 0.717) is 11.3 Å². The number of amides is 1. The summed E-state index contributed by atoms with van der Waals surface area (Å²) in [5.74, 6) is -0.148. The van der Waals surface area contributed by atoms with Crippen LogP contribution in [-0.4, -0.2) is 17.0 Å². The zero-order valence-electron chi connectivity index (χ0n) is 7.71. The van der Waals surface area contributed by atoms with E-state index in [-0.39, 0.29) is 17.0 Å². The minimum Gasteiger partial charge on any atom is -0.325 e. The number of anilines is 1. The van der Waals surface area contributed by atoms with E-state index in [2.05, 4.69) is 21.2 Å². The second-order valence-corrected chi connectivity index (χ2v) is 3.38. The van der Waals surface area contributed by atoms with E-state index >= 15 is 0 Å². The number of benzene rings is 1. The zero-order chi connectivity index (χ0) is 10.6. The summed E-state index contributed by atoms with van der Waals surface area (Å²) in [6.07, 6.45) is 0. The molecule has 1 amide bonds. The van der Waals surface area contributed by atoms with Crippen molar-refractivity contribution in [2.45, 2.75) is 6.92 Å². The van der Waals surface area contributed by atoms with Crippen molar-refractivity contribution in [2.75, 3.05) is 10.6 Å². The first kappa shape index (κ1) is 10.9. The molecule has 1 rings (SSSR count). The molecule has 0 aliphatic carbocycles. The van der Waals surface area contributed by atoms with Crippen LogP contribution in [0.5, 0.6) is 0 Å². The largest absolute Gasteiger partial charge is 0.325 e. The third-order valence-electron chi connectivity index (χ3n) is 1.67. The fraction of sp³-hybridized carbons (Fsp3) is 0.200. The lowest BCUT2D eigenvalue weighted by atomic mass is 10.1. The van der Waals surface area contributed by atoms with Crippen LogP contribution in [0.3, 0.4) is 0 Å². The molecule has 0 bridgehead atoms. The third-order valence-corrected chi connectivity index (χ3v) is 2.18. The highest BCUT2D eigenvalue weighted by atomic mass is 79.9. The Hall–Kier alpha value is -1.16. The molecule has 1 aromatic rings. The quantitative estimate of drug-likeness (QED) is 0.665. The molecule has 14 heavy (non-hydrogen) atoms. The zero-order valence-corrected chi connectivity index (χ0v) is 9.30. The second kappa shape index (κ2) is 4.91. The first-order valence-electron chi connectivity index (χ1n) is 4.10. The maximum atomic E-state index is 11.0. The molecule has 1 N–H and O–H groups in total. The van der Waals surface area contributed by atoms with Crippen LogP contribution in [0.4, 0.5) is 5.69 Å². The normalized spacial score (nSPS) is 9.57. The molecule has 0 atom stereocenters. The number of carbonyl (C=O) groups excluding carboxylic acids is 2. The van der Waals surface area contributed by atoms with Crippen molar-refractivity contribution in [1.29, 1.82) is 0 Å². The molecule has 74 valence electrons. The number of hydrogen-bond donors (Lipinski definition) is 1. The summed E-state index contributed by atoms with van der Waals surface area (Å²) in [4.78, 5) is 22.1. The summed E-state index contributed by atoms with van der Waals surface area (Å²) in [6.45, 7) is 1.49. The molecule has 0 saturated heterocycles. The fourth-order valence-corrected chi connectivity index (χ4v) is 1.15. The number of carbonyl (C=O) groups is 2. The smallest absolute Gasteiger partial charge is 0.235 e. The summed E-state index contributed by atoms with van der Waals surface area (Å²) in [6, 6.07) is 6.85. The summed E-state index contributed by atoms with van der Waals surface area (Å²) in [7, 11) is 0. The Morgan fingerprint density at radius 1 is 1.43 bits per heavy atom. The van der Waals surface area contributed by atoms with Crippen LogP contribution in [0, 0.1) is 0 Å². The SMILES string of the molecule is CC(=O)c1cccc(NC(=O)CBr)c1. The Bertz CT molecular complexity index is 363. The number of alkyl halides is 1. The van der Waals surface area contributed by atoms with Crippen LogP contribution in [0.15, 0.2) is 24.3 Å². The van der Waals surface area contributed by atoms with Gasteiger partial charge >= 0.3 is 0 Å². The van der Waals surface area contributed by atoms with Gasteiger partial charge in [0.1, 0.15) is 0 Å². The molecular weight excluding hydrogens is 246 g/mol. The highest BCUT2D eigenvalue weighted by Gasteiger charge is 2.02. The van der Waals surface area contributed by atoms with Gasteiger partial charge in [0.2, 0.25) is 5.91 Å². The van der Waals surface area contributed by atoms with E-state index in [4.69, 9.17) is 0 Å². The lowest BCUT2D eigenvalue weighted by Crippen LogP contribution is -2.12. The average molecular weight is 256 g/mol. The van der Waals surface area contributed by atoms with Crippen molar-refractivity contribution in [3.63, 3.8) is 0 Å². The molecule has 0 saturated carbocycles. The van der Waals surface area contributed by atoms with E-state index in [0.717, 1.165) is 0 Å². The molecular formula is C10H10BrNO2. The van der Waals surface area contributed by atoms with Crippen molar-refractivity contribution >= 4 is 33.3 Å². The molecule has 4 heteroatoms. The molecule has 3 nitrogen and oxygen atoms in total. The van der Waals surface area contributed by atoms with E-state index in [1.807, 2.05) is 0 Å². The molecule has 0 unspecified atom stereocenters. The number of hydrogen-bond acceptors (Lipinski definition) is 2. The fourth-order valence-electron chi connectivity index (χ4n) is 1.01. The van der Waals surface area contributed by atoms with Crippen LogP contribution in [0.2, 0.25) is 0 Å². The van der Waals surface area contributed by atoms with Crippen LogP contribution in [-0.2, 0) is 4.79 Å². The molecule has 0 radical (unpaired) electrons. The van der Waals surface area contributed by atoms with Crippen LogP contribution < -0.4 is 5.32 Å². The Balaban J connectivity index is 2.83. The predicted molar refractivity (Wildman–Crippen MR) is 58.9 cm³/mol. The standard InChI is InChI=1S/C10H10BrNO2/c1-7(13)8-3-2-4-9(5-8)12-10(14)6-11/h2-5H,6H2,1H3,(H,12,14). The minimum absolute atomic E-state index is 0.0139. The van der Waals surface area contributed by atoms with Gasteiger partial charge in [0.25, 0.3) is 0 Å². The molecule has 0 spiro atoms. The van der Waals surface area contributed by atoms with Gasteiger partial charge in [0.15, 0.2) is 5.78 Å². The first-order chi connectivity index (χ1) is 6.63. The van der Waals surface area contributed by atoms with Crippen molar-refractivity contribution in [3.05, 3.63) is 29.8 Å². The molecule has 0 heterocycles. The van der Waals surface area contributed by atoms with Gasteiger partial charge in [-0.25, -0.2) is 0 Å². The maximum Gasteiger partial charge on any atom is 0.235 e. The predicted octanol–water partition coefficient (Wildman–Crippen LogP) is 2.22. The Morgan fingerprint density at radius 3 is 2.71 bits per heavy atom. The van der Waals surface area contributed by atoms with Crippen molar-refractivity contribution in [3.8, 4) is 0 Å². The van der Waals surface area contributed by atoms with E-state index < -0.39 is 0 Å². The van der Waals surface area contributed by atoms with Gasteiger partial charge in [-0.1, -0.05) is 28.1 Å². The van der Waals surface area contributed by atoms with Gasteiger partial charge in [0, 0.05) is 11.3 Å². The molecule has 0 aromatic heterocycles. The highest BCUT2D eigenvalue weighted by Crippen LogP contribution is 2.11. The number of rotatable bonds is 3. The van der Waals surface area contributed by atoms with Gasteiger partial charge in [-0.15, -0.1) is 0 Å². The number of nitrogens with one attached hydrogen (secondary N) is 1. The summed E-state index contributed by atoms with van der Waals surface area (Å²) >= 11 is 3.04. The first-order valence-corrected chi connectivity index (χ1v) is 5.22. The van der Waals surface area contributed by atoms with E-state index in [1.54, 1.807) is 24.3 Å². The molecule has 0 aliphatic heterocycles. The minimum atomic E-state index is -0.134. The van der Waals surface area contributed by atoms with E-state index in [9.17, 15) is 9.59 Å². The Morgan fingerprint density at radius 2 is 2.14 bits per heavy atom. The van der Waals surface area contributed by atoms with Crippen molar-refractivity contribution in [2.24, 2.45) is 0 Å². The summed E-state index contributed by atoms with van der Waals surface area (Å²) in [5, 5.41) is 2.90. The second-order valence-electron chi connectivity index (χ2n) is 2.82. The van der Waals surface area contributed by atoms with Gasteiger partial charge in [-0.3, -0.25) is 9.59 Å². The Kier molecular flexibility index (Phi) is 3.83. The van der Waals surface area contributed by atoms with Gasteiger partial charge < -0.3 is 5.32 Å². The van der Waals surface area contributed by atoms with Crippen LogP contribution in [0.25, 0.3) is 0 Å². The third kappa shape index (κ3) is 2.96. The lowest BCUT2D eigenvalue weighted by Gasteiger charge is -2.03. The maximum absolute atomic E-state index is 11.0. The number of halogens is 1. The van der Waals surface area contributed by atoms with Gasteiger partial charge in [0.05, 0.1) is 5.33 Å². The summed E-state index contributed by atoms with van der Waals surface area (Å²) < 4.78 is 0. The van der Waals surface area contributed by atoms with Crippen LogP contribution in [0.1, 0.15) is 17.3 Å². The monoisotopic (exact) mass is 255 g/mol. The van der Waals surface area contributed by atoms with Gasteiger partial charge in [-0.2, -0.15) is 0 Å². The van der Waals surface area contributed by atoms with Crippen molar-refractivity contribution < 1.29 is 9.59 Å². The number of ketones is 1. The average Bonchev–Trinajstić information content (AvgIpc) is 2.18.